The van der Waals surface area contributed by atoms with E-state index >= 15 is 0 Å². The zero-order chi connectivity index (χ0) is 14.1. The number of nitrogens with zero attached hydrogens (tertiary/aromatic N) is 3. The summed E-state index contributed by atoms with van der Waals surface area (Å²) in [5.41, 5.74) is 7.00. The molecule has 1 N–H and O–H groups in total. The molecular weight excluding hydrogens is 248 g/mol. The lowest BCUT2D eigenvalue weighted by atomic mass is 10.1. The van der Waals surface area contributed by atoms with E-state index in [1.54, 1.807) is 0 Å². The van der Waals surface area contributed by atoms with E-state index in [0.717, 1.165) is 28.8 Å². The van der Waals surface area contributed by atoms with E-state index in [1.807, 2.05) is 31.8 Å². The fraction of sp³-hybridized carbons (Fsp3) is 0.250. The Hall–Kier alpha value is -2.20. The van der Waals surface area contributed by atoms with Gasteiger partial charge in [-0.3, -0.25) is 9.55 Å². The van der Waals surface area contributed by atoms with Crippen LogP contribution in [-0.4, -0.2) is 21.6 Å². The quantitative estimate of drug-likeness (QED) is 0.792. The molecule has 20 heavy (non-hydrogen) atoms. The van der Waals surface area contributed by atoms with Gasteiger partial charge in [-0.25, -0.2) is 4.98 Å². The second kappa shape index (κ2) is 5.06. The zero-order valence-electron chi connectivity index (χ0n) is 12.0. The van der Waals surface area contributed by atoms with E-state index in [1.165, 1.54) is 11.1 Å². The smallest absolute Gasteiger partial charge is 0.100 e. The molecule has 0 unspecified atom stereocenters. The monoisotopic (exact) mass is 266 g/mol. The molecule has 2 heterocycles. The summed E-state index contributed by atoms with van der Waals surface area (Å²) in [7, 11) is 1.94. The molecule has 3 rings (SSSR count). The van der Waals surface area contributed by atoms with Gasteiger partial charge in [0.15, 0.2) is 0 Å². The second-order valence-electron chi connectivity index (χ2n) is 5.07. The maximum absolute atomic E-state index is 4.52. The van der Waals surface area contributed by atoms with Gasteiger partial charge in [-0.05, 0) is 50.2 Å². The molecular formula is C16H18N4. The number of benzene rings is 1. The summed E-state index contributed by atoms with van der Waals surface area (Å²) < 4.78 is 2.14. The molecule has 0 fully saturated rings. The Bertz CT molecular complexity index is 758. The molecule has 1 aromatic carbocycles. The van der Waals surface area contributed by atoms with Crippen LogP contribution in [0, 0.1) is 13.8 Å². The number of pyridine rings is 1. The summed E-state index contributed by atoms with van der Waals surface area (Å²) >= 11 is 0. The molecule has 0 atom stereocenters. The first-order valence-electron chi connectivity index (χ1n) is 6.73. The fourth-order valence-electron chi connectivity index (χ4n) is 2.44. The average Bonchev–Trinajstić information content (AvgIpc) is 2.83. The van der Waals surface area contributed by atoms with Crippen LogP contribution in [0.5, 0.6) is 0 Å². The van der Waals surface area contributed by atoms with E-state index < -0.39 is 0 Å². The van der Waals surface area contributed by atoms with Gasteiger partial charge in [-0.15, -0.1) is 0 Å². The van der Waals surface area contributed by atoms with Crippen molar-refractivity contribution >= 4 is 11.0 Å². The fourth-order valence-corrected chi connectivity index (χ4v) is 2.44. The zero-order valence-corrected chi connectivity index (χ0v) is 12.0. The van der Waals surface area contributed by atoms with Crippen LogP contribution >= 0.6 is 0 Å². The minimum atomic E-state index is 0.785. The Morgan fingerprint density at radius 2 is 2.00 bits per heavy atom. The van der Waals surface area contributed by atoms with Gasteiger partial charge >= 0.3 is 0 Å². The van der Waals surface area contributed by atoms with E-state index in [4.69, 9.17) is 0 Å². The predicted molar refractivity (Wildman–Crippen MR) is 81.1 cm³/mol. The number of aryl methyl sites for hydroxylation is 2. The Labute approximate surface area is 118 Å². The summed E-state index contributed by atoms with van der Waals surface area (Å²) in [5, 5.41) is 3.18. The first kappa shape index (κ1) is 12.8. The van der Waals surface area contributed by atoms with E-state index in [0.29, 0.717) is 0 Å². The molecule has 0 saturated carbocycles. The molecule has 102 valence electrons. The van der Waals surface area contributed by atoms with Crippen LogP contribution in [0.4, 0.5) is 0 Å². The molecule has 4 heteroatoms. The highest BCUT2D eigenvalue weighted by molar-refractivity contribution is 5.79. The Morgan fingerprint density at radius 1 is 1.20 bits per heavy atom. The van der Waals surface area contributed by atoms with E-state index in [-0.39, 0.29) is 0 Å². The highest BCUT2D eigenvalue weighted by Gasteiger charge is 2.09. The first-order chi connectivity index (χ1) is 9.70. The SMILES string of the molecule is CNCc1cnccc1-n1cnc2cc(C)c(C)cc21. The average molecular weight is 266 g/mol. The van der Waals surface area contributed by atoms with Crippen molar-refractivity contribution in [2.75, 3.05) is 7.05 Å². The normalized spacial score (nSPS) is 11.2. The molecule has 0 aliphatic rings. The summed E-state index contributed by atoms with van der Waals surface area (Å²) in [4.78, 5) is 8.73. The molecule has 0 aliphatic heterocycles. The van der Waals surface area contributed by atoms with Gasteiger partial charge in [0, 0.05) is 24.5 Å². The van der Waals surface area contributed by atoms with Crippen molar-refractivity contribution in [1.82, 2.24) is 19.9 Å². The Balaban J connectivity index is 2.22. The number of hydrogen-bond acceptors (Lipinski definition) is 3. The molecule has 4 nitrogen and oxygen atoms in total. The first-order valence-corrected chi connectivity index (χ1v) is 6.73. The van der Waals surface area contributed by atoms with Crippen LogP contribution in [0.2, 0.25) is 0 Å². The largest absolute Gasteiger partial charge is 0.316 e. The topological polar surface area (TPSA) is 42.7 Å². The Morgan fingerprint density at radius 3 is 2.80 bits per heavy atom. The van der Waals surface area contributed by atoms with Crippen molar-refractivity contribution in [1.29, 1.82) is 0 Å². The number of aromatic nitrogens is 3. The molecule has 0 aliphatic carbocycles. The Kier molecular flexibility index (Phi) is 3.24. The van der Waals surface area contributed by atoms with Gasteiger partial charge in [0.2, 0.25) is 0 Å². The van der Waals surface area contributed by atoms with Gasteiger partial charge < -0.3 is 5.32 Å². The molecule has 0 bridgehead atoms. The standard InChI is InChI=1S/C16H18N4/c1-11-6-14-16(7-12(11)2)20(10-19-14)15-4-5-18-9-13(15)8-17-3/h4-7,9-10,17H,8H2,1-3H3. The number of hydrogen-bond donors (Lipinski definition) is 1. The maximum Gasteiger partial charge on any atom is 0.100 e. The van der Waals surface area contributed by atoms with Crippen LogP contribution in [-0.2, 0) is 6.54 Å². The summed E-state index contributed by atoms with van der Waals surface area (Å²) in [6.07, 6.45) is 5.61. The maximum atomic E-state index is 4.52. The molecule has 3 aromatic rings. The van der Waals surface area contributed by atoms with Crippen molar-refractivity contribution in [2.45, 2.75) is 20.4 Å². The molecule has 0 spiro atoms. The molecule has 0 radical (unpaired) electrons. The van der Waals surface area contributed by atoms with Crippen LogP contribution in [0.3, 0.4) is 0 Å². The molecule has 0 amide bonds. The predicted octanol–water partition coefficient (Wildman–Crippen LogP) is 2.76. The lowest BCUT2D eigenvalue weighted by Gasteiger charge is -2.11. The number of nitrogens with one attached hydrogen (secondary N) is 1. The number of rotatable bonds is 3. The summed E-state index contributed by atoms with van der Waals surface area (Å²) in [6.45, 7) is 5.04. The van der Waals surface area contributed by atoms with Crippen LogP contribution in [0.15, 0.2) is 36.9 Å². The van der Waals surface area contributed by atoms with Gasteiger partial charge in [0.25, 0.3) is 0 Å². The third kappa shape index (κ3) is 2.08. The molecule has 2 aromatic heterocycles. The van der Waals surface area contributed by atoms with Gasteiger partial charge in [-0.1, -0.05) is 0 Å². The van der Waals surface area contributed by atoms with Crippen LogP contribution in [0.1, 0.15) is 16.7 Å². The van der Waals surface area contributed by atoms with Crippen molar-refractivity contribution in [3.63, 3.8) is 0 Å². The number of imidazole rings is 1. The second-order valence-corrected chi connectivity index (χ2v) is 5.07. The van der Waals surface area contributed by atoms with Crippen molar-refractivity contribution in [2.24, 2.45) is 0 Å². The van der Waals surface area contributed by atoms with Crippen molar-refractivity contribution in [3.8, 4) is 5.69 Å². The summed E-state index contributed by atoms with van der Waals surface area (Å²) in [5.74, 6) is 0. The third-order valence-electron chi connectivity index (χ3n) is 3.67. The van der Waals surface area contributed by atoms with Crippen LogP contribution < -0.4 is 5.32 Å². The third-order valence-corrected chi connectivity index (χ3v) is 3.67. The van der Waals surface area contributed by atoms with Gasteiger partial charge in [0.1, 0.15) is 6.33 Å². The summed E-state index contributed by atoms with van der Waals surface area (Å²) in [6, 6.07) is 6.37. The lowest BCUT2D eigenvalue weighted by Crippen LogP contribution is -2.09. The van der Waals surface area contributed by atoms with Crippen LogP contribution in [0.25, 0.3) is 16.7 Å². The highest BCUT2D eigenvalue weighted by atomic mass is 15.1. The van der Waals surface area contributed by atoms with E-state index in [2.05, 4.69) is 45.8 Å². The highest BCUT2D eigenvalue weighted by Crippen LogP contribution is 2.23. The lowest BCUT2D eigenvalue weighted by molar-refractivity contribution is 0.804. The van der Waals surface area contributed by atoms with Crippen molar-refractivity contribution < 1.29 is 0 Å². The van der Waals surface area contributed by atoms with E-state index in [9.17, 15) is 0 Å². The molecule has 0 saturated heterocycles. The van der Waals surface area contributed by atoms with Gasteiger partial charge in [-0.2, -0.15) is 0 Å². The number of fused-ring (bicyclic) bond motifs is 1. The van der Waals surface area contributed by atoms with Crippen molar-refractivity contribution in [3.05, 3.63) is 53.6 Å². The van der Waals surface area contributed by atoms with Gasteiger partial charge in [0.05, 0.1) is 16.7 Å². The minimum Gasteiger partial charge on any atom is -0.316 e. The minimum absolute atomic E-state index is 0.785.